The average Bonchev–Trinajstić information content (AvgIpc) is 3.34. The predicted octanol–water partition coefficient (Wildman–Crippen LogP) is 3.85. The molecule has 1 fully saturated rings. The summed E-state index contributed by atoms with van der Waals surface area (Å²) >= 11 is 0. The number of nitrogens with one attached hydrogen (secondary N) is 1. The number of benzene rings is 2. The summed E-state index contributed by atoms with van der Waals surface area (Å²) in [5.41, 5.74) is 6.70. The standard InChI is InChI=1S/C24H27N3O2/c1-26-9-11-27(12-10-26)21-7-5-20(6-8-21)25-24(28)15-19-16-29-23-14-18-4-2-3-17(18)13-22(19)23/h5-8,13-14,16H,2-4,9-12,15H2,1H3,(H,25,28). The Labute approximate surface area is 171 Å². The van der Waals surface area contributed by atoms with Gasteiger partial charge in [0, 0.05) is 48.5 Å². The van der Waals surface area contributed by atoms with Gasteiger partial charge in [0.05, 0.1) is 12.7 Å². The number of aryl methyl sites for hydroxylation is 2. The zero-order chi connectivity index (χ0) is 19.8. The first-order valence-corrected chi connectivity index (χ1v) is 10.5. The van der Waals surface area contributed by atoms with Gasteiger partial charge in [-0.25, -0.2) is 0 Å². The summed E-state index contributed by atoms with van der Waals surface area (Å²) < 4.78 is 5.73. The van der Waals surface area contributed by atoms with Crippen LogP contribution in [0, 0.1) is 0 Å². The number of nitrogens with zero attached hydrogens (tertiary/aromatic N) is 2. The fraction of sp³-hybridized carbons (Fsp3) is 0.375. The van der Waals surface area contributed by atoms with Gasteiger partial charge < -0.3 is 19.5 Å². The molecule has 0 radical (unpaired) electrons. The van der Waals surface area contributed by atoms with Crippen LogP contribution in [0.4, 0.5) is 11.4 Å². The van der Waals surface area contributed by atoms with Crippen LogP contribution in [0.2, 0.25) is 0 Å². The molecule has 1 aliphatic carbocycles. The zero-order valence-corrected chi connectivity index (χ0v) is 16.9. The molecule has 0 bridgehead atoms. The molecular formula is C24H27N3O2. The number of furan rings is 1. The maximum Gasteiger partial charge on any atom is 0.228 e. The van der Waals surface area contributed by atoms with E-state index in [9.17, 15) is 4.79 Å². The highest BCUT2D eigenvalue weighted by Gasteiger charge is 2.17. The third-order valence-corrected chi connectivity index (χ3v) is 6.24. The Balaban J connectivity index is 1.25. The lowest BCUT2D eigenvalue weighted by Crippen LogP contribution is -2.44. The molecule has 2 aromatic carbocycles. The van der Waals surface area contributed by atoms with E-state index >= 15 is 0 Å². The van der Waals surface area contributed by atoms with Crippen LogP contribution in [0.3, 0.4) is 0 Å². The summed E-state index contributed by atoms with van der Waals surface area (Å²) in [6.45, 7) is 4.25. The third kappa shape index (κ3) is 3.75. The van der Waals surface area contributed by atoms with Gasteiger partial charge in [-0.15, -0.1) is 0 Å². The van der Waals surface area contributed by atoms with Gasteiger partial charge in [0.1, 0.15) is 5.58 Å². The van der Waals surface area contributed by atoms with Gasteiger partial charge in [-0.1, -0.05) is 0 Å². The molecule has 1 aromatic heterocycles. The Morgan fingerprint density at radius 3 is 2.52 bits per heavy atom. The molecule has 1 saturated heterocycles. The van der Waals surface area contributed by atoms with Gasteiger partial charge in [0.15, 0.2) is 0 Å². The second kappa shape index (κ2) is 7.56. The molecule has 5 rings (SSSR count). The van der Waals surface area contributed by atoms with E-state index in [1.165, 1.54) is 23.2 Å². The average molecular weight is 389 g/mol. The van der Waals surface area contributed by atoms with Crippen molar-refractivity contribution >= 4 is 28.3 Å². The highest BCUT2D eigenvalue weighted by molar-refractivity contribution is 5.95. The lowest BCUT2D eigenvalue weighted by Gasteiger charge is -2.34. The zero-order valence-electron chi connectivity index (χ0n) is 16.9. The first-order valence-electron chi connectivity index (χ1n) is 10.5. The summed E-state index contributed by atoms with van der Waals surface area (Å²) in [7, 11) is 2.16. The highest BCUT2D eigenvalue weighted by Crippen LogP contribution is 2.30. The van der Waals surface area contributed by atoms with Gasteiger partial charge in [-0.05, 0) is 73.8 Å². The summed E-state index contributed by atoms with van der Waals surface area (Å²) in [6, 6.07) is 12.5. The second-order valence-corrected chi connectivity index (χ2v) is 8.29. The number of amides is 1. The number of rotatable bonds is 4. The van der Waals surface area contributed by atoms with Crippen LogP contribution >= 0.6 is 0 Å². The van der Waals surface area contributed by atoms with E-state index < -0.39 is 0 Å². The molecule has 5 nitrogen and oxygen atoms in total. The maximum atomic E-state index is 12.6. The summed E-state index contributed by atoms with van der Waals surface area (Å²) in [6.07, 6.45) is 5.53. The fourth-order valence-corrected chi connectivity index (χ4v) is 4.48. The topological polar surface area (TPSA) is 48.7 Å². The predicted molar refractivity (Wildman–Crippen MR) is 117 cm³/mol. The van der Waals surface area contributed by atoms with Crippen LogP contribution < -0.4 is 10.2 Å². The van der Waals surface area contributed by atoms with E-state index in [1.54, 1.807) is 6.26 Å². The molecule has 0 saturated carbocycles. The van der Waals surface area contributed by atoms with E-state index in [0.717, 1.165) is 61.2 Å². The van der Waals surface area contributed by atoms with Crippen molar-refractivity contribution in [3.05, 3.63) is 59.4 Å². The number of carbonyl (C=O) groups excluding carboxylic acids is 1. The number of likely N-dealkylation sites (N-methyl/N-ethyl adjacent to an activating group) is 1. The van der Waals surface area contributed by atoms with Gasteiger partial charge in [-0.2, -0.15) is 0 Å². The Morgan fingerprint density at radius 2 is 1.76 bits per heavy atom. The molecule has 0 atom stereocenters. The minimum atomic E-state index is -0.0134. The minimum Gasteiger partial charge on any atom is -0.464 e. The van der Waals surface area contributed by atoms with Crippen molar-refractivity contribution in [3.8, 4) is 0 Å². The largest absolute Gasteiger partial charge is 0.464 e. The monoisotopic (exact) mass is 389 g/mol. The molecule has 3 aromatic rings. The van der Waals surface area contributed by atoms with Crippen molar-refractivity contribution < 1.29 is 9.21 Å². The molecular weight excluding hydrogens is 362 g/mol. The normalized spacial score (nSPS) is 16.9. The SMILES string of the molecule is CN1CCN(c2ccc(NC(=O)Cc3coc4cc5c(cc34)CCC5)cc2)CC1. The highest BCUT2D eigenvalue weighted by atomic mass is 16.3. The first-order chi connectivity index (χ1) is 14.2. The summed E-state index contributed by atoms with van der Waals surface area (Å²) in [4.78, 5) is 17.3. The van der Waals surface area contributed by atoms with Crippen LogP contribution in [0.25, 0.3) is 11.0 Å². The van der Waals surface area contributed by atoms with Crippen LogP contribution in [0.1, 0.15) is 23.1 Å². The quantitative estimate of drug-likeness (QED) is 0.736. The van der Waals surface area contributed by atoms with Gasteiger partial charge in [0.25, 0.3) is 0 Å². The number of piperazine rings is 1. The van der Waals surface area contributed by atoms with Crippen LogP contribution in [0.15, 0.2) is 47.1 Å². The summed E-state index contributed by atoms with van der Waals surface area (Å²) in [5.74, 6) is -0.0134. The molecule has 5 heteroatoms. The minimum absolute atomic E-state index is 0.0134. The third-order valence-electron chi connectivity index (χ3n) is 6.24. The molecule has 1 amide bonds. The Morgan fingerprint density at radius 1 is 1.03 bits per heavy atom. The molecule has 150 valence electrons. The van der Waals surface area contributed by atoms with Gasteiger partial charge in [0.2, 0.25) is 5.91 Å². The molecule has 2 aliphatic rings. The van der Waals surface area contributed by atoms with Crippen LogP contribution in [0.5, 0.6) is 0 Å². The van der Waals surface area contributed by atoms with Gasteiger partial charge >= 0.3 is 0 Å². The van der Waals surface area contributed by atoms with Gasteiger partial charge in [-0.3, -0.25) is 4.79 Å². The number of hydrogen-bond donors (Lipinski definition) is 1. The fourth-order valence-electron chi connectivity index (χ4n) is 4.48. The lowest BCUT2D eigenvalue weighted by molar-refractivity contribution is -0.115. The number of carbonyl (C=O) groups is 1. The van der Waals surface area contributed by atoms with Crippen molar-refractivity contribution in [2.75, 3.05) is 43.4 Å². The molecule has 1 aliphatic heterocycles. The van der Waals surface area contributed by atoms with Crippen LogP contribution in [-0.4, -0.2) is 44.0 Å². The number of anilines is 2. The van der Waals surface area contributed by atoms with Crippen molar-refractivity contribution in [2.45, 2.75) is 25.7 Å². The molecule has 0 spiro atoms. The van der Waals surface area contributed by atoms with Crippen molar-refractivity contribution in [2.24, 2.45) is 0 Å². The lowest BCUT2D eigenvalue weighted by atomic mass is 10.0. The Bertz CT molecular complexity index is 1030. The maximum absolute atomic E-state index is 12.6. The van der Waals surface area contributed by atoms with E-state index in [2.05, 4.69) is 46.4 Å². The van der Waals surface area contributed by atoms with Crippen molar-refractivity contribution in [1.29, 1.82) is 0 Å². The Kier molecular flexibility index (Phi) is 4.76. The van der Waals surface area contributed by atoms with Crippen LogP contribution in [-0.2, 0) is 24.1 Å². The molecule has 0 unspecified atom stereocenters. The molecule has 29 heavy (non-hydrogen) atoms. The van der Waals surface area contributed by atoms with E-state index in [1.807, 2.05) is 12.1 Å². The Hall–Kier alpha value is -2.79. The second-order valence-electron chi connectivity index (χ2n) is 8.29. The first kappa shape index (κ1) is 18.3. The van der Waals surface area contributed by atoms with E-state index in [-0.39, 0.29) is 5.91 Å². The van der Waals surface area contributed by atoms with Crippen molar-refractivity contribution in [3.63, 3.8) is 0 Å². The van der Waals surface area contributed by atoms with Crippen molar-refractivity contribution in [1.82, 2.24) is 4.90 Å². The summed E-state index contributed by atoms with van der Waals surface area (Å²) in [5, 5.41) is 4.10. The number of fused-ring (bicyclic) bond motifs is 2. The smallest absolute Gasteiger partial charge is 0.228 e. The molecule has 1 N–H and O–H groups in total. The molecule has 2 heterocycles. The van der Waals surface area contributed by atoms with E-state index in [0.29, 0.717) is 6.42 Å². The number of hydrogen-bond acceptors (Lipinski definition) is 4. The van der Waals surface area contributed by atoms with E-state index in [4.69, 9.17) is 4.42 Å².